The number of allylic oxidation sites excluding steroid dienone is 2. The van der Waals surface area contributed by atoms with E-state index >= 15 is 4.39 Å². The topological polar surface area (TPSA) is 95.9 Å². The molecule has 9 nitrogen and oxygen atoms in total. The van der Waals surface area contributed by atoms with Crippen molar-refractivity contribution in [3.8, 4) is 41.2 Å². The molecule has 7 heterocycles. The van der Waals surface area contributed by atoms with Crippen LogP contribution in [-0.4, -0.2) is 81.5 Å². The van der Waals surface area contributed by atoms with Crippen LogP contribution in [0, 0.1) is 18.2 Å². The van der Waals surface area contributed by atoms with Crippen LogP contribution in [0.1, 0.15) is 49.7 Å². The van der Waals surface area contributed by atoms with Crippen molar-refractivity contribution in [2.24, 2.45) is 0 Å². The molecular weight excluding hydrogens is 559 g/mol. The largest absolute Gasteiger partial charge is 0.508 e. The second-order valence-corrected chi connectivity index (χ2v) is 12.6. The Bertz CT molecular complexity index is 1740. The van der Waals surface area contributed by atoms with Crippen LogP contribution in [0.4, 0.5) is 10.2 Å². The molecule has 1 aromatic carbocycles. The van der Waals surface area contributed by atoms with E-state index in [-0.39, 0.29) is 52.0 Å². The summed E-state index contributed by atoms with van der Waals surface area (Å²) in [6, 6.07) is 3.66. The molecule has 44 heavy (non-hydrogen) atoms. The van der Waals surface area contributed by atoms with E-state index < -0.39 is 5.82 Å². The van der Waals surface area contributed by atoms with E-state index in [1.807, 2.05) is 0 Å². The van der Waals surface area contributed by atoms with Crippen LogP contribution in [0.5, 0.6) is 17.6 Å². The first-order chi connectivity index (χ1) is 21.5. The van der Waals surface area contributed by atoms with E-state index in [1.54, 1.807) is 18.2 Å². The van der Waals surface area contributed by atoms with E-state index in [1.165, 1.54) is 12.1 Å². The summed E-state index contributed by atoms with van der Waals surface area (Å²) in [6.07, 6.45) is 17.5. The first-order valence-electron chi connectivity index (χ1n) is 15.6. The molecule has 0 saturated carbocycles. The highest BCUT2D eigenvalue weighted by Gasteiger charge is 2.46. The lowest BCUT2D eigenvalue weighted by atomic mass is 9.95. The highest BCUT2D eigenvalue weighted by atomic mass is 19.1. The monoisotopic (exact) mass is 594 g/mol. The predicted molar refractivity (Wildman–Crippen MR) is 166 cm³/mol. The van der Waals surface area contributed by atoms with Crippen molar-refractivity contribution in [3.63, 3.8) is 0 Å². The van der Waals surface area contributed by atoms with Gasteiger partial charge in [-0.2, -0.15) is 9.97 Å². The molecule has 8 rings (SSSR count). The number of ether oxygens (including phenoxy) is 2. The van der Waals surface area contributed by atoms with Crippen molar-refractivity contribution in [3.05, 3.63) is 47.8 Å². The van der Waals surface area contributed by atoms with Gasteiger partial charge in [-0.05, 0) is 69.3 Å². The Morgan fingerprint density at radius 3 is 2.86 bits per heavy atom. The summed E-state index contributed by atoms with van der Waals surface area (Å²) in [6.45, 7) is 7.41. The molecule has 0 spiro atoms. The van der Waals surface area contributed by atoms with E-state index in [9.17, 15) is 5.11 Å². The van der Waals surface area contributed by atoms with Crippen LogP contribution >= 0.6 is 0 Å². The van der Waals surface area contributed by atoms with Crippen molar-refractivity contribution < 1.29 is 19.0 Å². The third kappa shape index (κ3) is 4.25. The number of phenols is 1. The minimum Gasteiger partial charge on any atom is -0.508 e. The Hall–Kier alpha value is -4.20. The summed E-state index contributed by atoms with van der Waals surface area (Å²) in [7, 11) is 0. The van der Waals surface area contributed by atoms with Crippen molar-refractivity contribution >= 4 is 22.8 Å². The summed E-state index contributed by atoms with van der Waals surface area (Å²) >= 11 is 0. The number of halogens is 1. The fourth-order valence-corrected chi connectivity index (χ4v) is 8.12. The second kappa shape index (κ2) is 10.5. The van der Waals surface area contributed by atoms with Gasteiger partial charge in [-0.25, -0.2) is 9.37 Å². The summed E-state index contributed by atoms with van der Waals surface area (Å²) in [5.41, 5.74) is 1.21. The number of terminal acetylenes is 1. The smallest absolute Gasteiger partial charge is 0.319 e. The number of nitrogens with one attached hydrogen (secondary N) is 1. The molecule has 5 aliphatic rings. The maximum absolute atomic E-state index is 16.9. The average Bonchev–Trinajstić information content (AvgIpc) is 3.70. The van der Waals surface area contributed by atoms with Crippen LogP contribution in [-0.2, 0) is 0 Å². The summed E-state index contributed by atoms with van der Waals surface area (Å²) in [5, 5.41) is 14.8. The van der Waals surface area contributed by atoms with E-state index in [4.69, 9.17) is 25.9 Å². The maximum atomic E-state index is 16.9. The van der Waals surface area contributed by atoms with Gasteiger partial charge in [-0.15, -0.1) is 6.42 Å². The van der Waals surface area contributed by atoms with Gasteiger partial charge in [0.25, 0.3) is 0 Å². The second-order valence-electron chi connectivity index (χ2n) is 12.6. The molecule has 226 valence electrons. The number of phenolic OH excluding ortho intramolecular Hbond substituents is 1. The van der Waals surface area contributed by atoms with Crippen LogP contribution < -0.4 is 19.7 Å². The minimum atomic E-state index is -0.667. The molecule has 0 aliphatic carbocycles. The molecule has 3 aromatic rings. The zero-order valence-electron chi connectivity index (χ0n) is 24.6. The Morgan fingerprint density at radius 2 is 2.07 bits per heavy atom. The predicted octanol–water partition coefficient (Wildman–Crippen LogP) is 4.43. The van der Waals surface area contributed by atoms with Gasteiger partial charge in [0.05, 0.1) is 11.6 Å². The Morgan fingerprint density at radius 1 is 1.23 bits per heavy atom. The molecule has 0 amide bonds. The van der Waals surface area contributed by atoms with Crippen LogP contribution in [0.2, 0.25) is 0 Å². The van der Waals surface area contributed by atoms with Gasteiger partial charge < -0.3 is 24.8 Å². The molecule has 3 unspecified atom stereocenters. The van der Waals surface area contributed by atoms with Crippen LogP contribution in [0.3, 0.4) is 0 Å². The first-order valence-corrected chi connectivity index (χ1v) is 15.6. The van der Waals surface area contributed by atoms with E-state index in [0.717, 1.165) is 58.2 Å². The quantitative estimate of drug-likeness (QED) is 0.318. The number of fused-ring (bicyclic) bond motifs is 6. The van der Waals surface area contributed by atoms with Gasteiger partial charge in [-0.1, -0.05) is 30.7 Å². The average molecular weight is 595 g/mol. The van der Waals surface area contributed by atoms with Gasteiger partial charge >= 0.3 is 6.01 Å². The molecule has 2 aromatic heterocycles. The Balaban J connectivity index is 1.31. The SMILES string of the molecule is C#Cc1c(/C=C\C=C)cc(O)cc1-c1nc2c3c(nc(OCC45CCCN4CCC5)nc3c1F)N1CC3CCC(N3)C1CO2. The van der Waals surface area contributed by atoms with Crippen LogP contribution in [0.15, 0.2) is 30.9 Å². The number of hydrogen-bond acceptors (Lipinski definition) is 9. The fourth-order valence-electron chi connectivity index (χ4n) is 8.12. The number of rotatable bonds is 6. The number of aromatic nitrogens is 3. The standard InChI is InChI=1S/C34H35FN6O3/c1-3-5-8-20-15-22(42)16-24(23(20)4-2)29-28(35)30-27-31(39-33(38-30)44-19-34-11-6-13-40(34)14-7-12-34)41-17-21-9-10-25(36-21)26(41)18-43-32(27)37-29/h2-3,5,8,15-16,21,25-26,36,42H,1,6-7,9-14,17-19H2/b8-5-. The van der Waals surface area contributed by atoms with Gasteiger partial charge in [0.1, 0.15) is 41.4 Å². The fraction of sp³-hybridized carbons (Fsp3) is 0.441. The van der Waals surface area contributed by atoms with Crippen molar-refractivity contribution in [2.45, 2.75) is 62.2 Å². The highest BCUT2D eigenvalue weighted by Crippen LogP contribution is 2.44. The Labute approximate surface area is 255 Å². The zero-order chi connectivity index (χ0) is 30.0. The van der Waals surface area contributed by atoms with Gasteiger partial charge in [0.2, 0.25) is 5.88 Å². The summed E-state index contributed by atoms with van der Waals surface area (Å²) < 4.78 is 29.6. The number of aromatic hydroxyl groups is 1. The molecule has 2 N–H and O–H groups in total. The summed E-state index contributed by atoms with van der Waals surface area (Å²) in [4.78, 5) is 19.1. The van der Waals surface area contributed by atoms with Gasteiger partial charge in [-0.3, -0.25) is 4.90 Å². The number of benzene rings is 1. The third-order valence-electron chi connectivity index (χ3n) is 10.2. The molecule has 10 heteroatoms. The van der Waals surface area contributed by atoms with E-state index in [2.05, 4.69) is 32.6 Å². The molecule has 3 atom stereocenters. The summed E-state index contributed by atoms with van der Waals surface area (Å²) in [5.74, 6) is 2.77. The molecule has 4 fully saturated rings. The molecule has 2 bridgehead atoms. The molecule has 0 radical (unpaired) electrons. The zero-order valence-corrected chi connectivity index (χ0v) is 24.6. The first kappa shape index (κ1) is 27.4. The lowest BCUT2D eigenvalue weighted by Gasteiger charge is -2.40. The molecule has 5 aliphatic heterocycles. The van der Waals surface area contributed by atoms with Crippen LogP contribution in [0.25, 0.3) is 28.2 Å². The maximum Gasteiger partial charge on any atom is 0.319 e. The number of anilines is 1. The van der Waals surface area contributed by atoms with Gasteiger partial charge in [0, 0.05) is 29.8 Å². The molecular formula is C34H35FN6O3. The lowest BCUT2D eigenvalue weighted by molar-refractivity contribution is 0.108. The minimum absolute atomic E-state index is 0.00292. The number of pyridine rings is 1. The number of hydrogen-bond donors (Lipinski definition) is 2. The Kier molecular flexibility index (Phi) is 6.50. The van der Waals surface area contributed by atoms with Gasteiger partial charge in [0.15, 0.2) is 5.82 Å². The number of piperazine rings is 1. The highest BCUT2D eigenvalue weighted by molar-refractivity contribution is 5.98. The normalized spacial score (nSPS) is 25.0. The third-order valence-corrected chi connectivity index (χ3v) is 10.2. The lowest BCUT2D eigenvalue weighted by Crippen LogP contribution is -2.60. The van der Waals surface area contributed by atoms with E-state index in [0.29, 0.717) is 41.6 Å². The van der Waals surface area contributed by atoms with Crippen molar-refractivity contribution in [1.29, 1.82) is 0 Å². The van der Waals surface area contributed by atoms with Crippen molar-refractivity contribution in [2.75, 3.05) is 37.7 Å². The number of nitrogens with zero attached hydrogens (tertiary/aromatic N) is 5. The van der Waals surface area contributed by atoms with Crippen molar-refractivity contribution in [1.82, 2.24) is 25.2 Å². The molecule has 4 saturated heterocycles.